The summed E-state index contributed by atoms with van der Waals surface area (Å²) in [6.45, 7) is 1.46. The molecule has 36 heavy (non-hydrogen) atoms. The molecule has 10 heteroatoms. The van der Waals surface area contributed by atoms with Crippen molar-refractivity contribution >= 4 is 5.82 Å². The second kappa shape index (κ2) is 10.6. The fourth-order valence-corrected chi connectivity index (χ4v) is 5.87. The molecule has 1 aliphatic carbocycles. The largest absolute Gasteiger partial charge is 0.420 e. The predicted octanol–water partition coefficient (Wildman–Crippen LogP) is 5.00. The van der Waals surface area contributed by atoms with Crippen LogP contribution in [0.15, 0.2) is 24.3 Å². The molecule has 2 aromatic rings. The van der Waals surface area contributed by atoms with Crippen molar-refractivity contribution < 1.29 is 33.9 Å². The molecule has 1 saturated carbocycles. The summed E-state index contributed by atoms with van der Waals surface area (Å²) in [6.07, 6.45) is -1.32. The first-order valence-electron chi connectivity index (χ1n) is 14.7. The Labute approximate surface area is 215 Å². The molecule has 2 aliphatic heterocycles. The van der Waals surface area contributed by atoms with E-state index >= 15 is 0 Å². The average Bonchev–Trinajstić information content (AvgIpc) is 3.40. The molecule has 1 aromatic carbocycles. The highest BCUT2D eigenvalue weighted by Crippen LogP contribution is 2.42. The summed E-state index contributed by atoms with van der Waals surface area (Å²) in [6, 6.07) is 3.00. The molecule has 2 unspecified atom stereocenters. The summed E-state index contributed by atoms with van der Waals surface area (Å²) in [5.41, 5.74) is -2.49. The number of hydrogen-bond acceptors (Lipinski definition) is 6. The van der Waals surface area contributed by atoms with Gasteiger partial charge in [0.05, 0.1) is 19.1 Å². The number of anilines is 1. The number of ether oxygens (including phenoxy) is 2. The van der Waals surface area contributed by atoms with E-state index in [9.17, 15) is 17.6 Å². The minimum atomic E-state index is -4.84. The van der Waals surface area contributed by atoms with Gasteiger partial charge in [-0.05, 0) is 67.2 Å². The van der Waals surface area contributed by atoms with Crippen LogP contribution in [0.2, 0.25) is 0 Å². The highest BCUT2D eigenvalue weighted by atomic mass is 19.4. The zero-order chi connectivity index (χ0) is 29.6. The zero-order valence-electron chi connectivity index (χ0n) is 24.7. The van der Waals surface area contributed by atoms with Gasteiger partial charge in [0, 0.05) is 51.5 Å². The van der Waals surface area contributed by atoms with E-state index in [1.54, 1.807) is 0 Å². The lowest BCUT2D eigenvalue weighted by Crippen LogP contribution is -2.32. The Morgan fingerprint density at radius 1 is 1.17 bits per heavy atom. The highest BCUT2D eigenvalue weighted by Gasteiger charge is 2.43. The van der Waals surface area contributed by atoms with Gasteiger partial charge in [-0.3, -0.25) is 0 Å². The number of benzene rings is 1. The quantitative estimate of drug-likeness (QED) is 0.526. The van der Waals surface area contributed by atoms with E-state index in [1.807, 2.05) is 0 Å². The van der Waals surface area contributed by atoms with Gasteiger partial charge in [-0.2, -0.15) is 13.2 Å². The van der Waals surface area contributed by atoms with Gasteiger partial charge < -0.3 is 19.7 Å². The number of aromatic nitrogens is 2. The molecule has 0 radical (unpaired) electrons. The highest BCUT2D eigenvalue weighted by molar-refractivity contribution is 5.66. The molecule has 0 spiro atoms. The van der Waals surface area contributed by atoms with E-state index in [0.29, 0.717) is 36.7 Å². The van der Waals surface area contributed by atoms with Gasteiger partial charge in [0.2, 0.25) is 0 Å². The third-order valence-electron chi connectivity index (χ3n) is 7.54. The summed E-state index contributed by atoms with van der Waals surface area (Å²) in [5.74, 6) is 0.0429. The van der Waals surface area contributed by atoms with Crippen molar-refractivity contribution in [1.29, 1.82) is 0 Å². The fourth-order valence-electron chi connectivity index (χ4n) is 5.87. The molecule has 0 bridgehead atoms. The van der Waals surface area contributed by atoms with Crippen molar-refractivity contribution in [3.05, 3.63) is 41.2 Å². The lowest BCUT2D eigenvalue weighted by molar-refractivity contribution is -0.137. The third-order valence-corrected chi connectivity index (χ3v) is 7.54. The lowest BCUT2D eigenvalue weighted by atomic mass is 10.00. The first-order valence-corrected chi connectivity index (χ1v) is 12.2. The maximum atomic E-state index is 14.2. The SMILES string of the molecule is [2H]C([2H])([2H])OC([2H])([2H])c1ccc(F)cc1-c1cc(C(F)(F)F)c(NC2CC3CN(CC4CCOCC4)CC3C2)nn1. The van der Waals surface area contributed by atoms with E-state index in [2.05, 4.69) is 25.2 Å². The van der Waals surface area contributed by atoms with Crippen LogP contribution in [0.5, 0.6) is 0 Å². The average molecular weight is 514 g/mol. The van der Waals surface area contributed by atoms with Crippen LogP contribution in [0.1, 0.15) is 43.7 Å². The molecule has 3 heterocycles. The minimum absolute atomic E-state index is 0.219. The molecule has 1 aromatic heterocycles. The molecule has 3 fully saturated rings. The van der Waals surface area contributed by atoms with E-state index < -0.39 is 53.8 Å². The van der Waals surface area contributed by atoms with Crippen LogP contribution in [0, 0.1) is 23.6 Å². The fraction of sp³-hybridized carbons (Fsp3) is 0.615. The van der Waals surface area contributed by atoms with Gasteiger partial charge in [0.15, 0.2) is 5.82 Å². The standard InChI is InChI=1S/C26H32F4N4O2/c1-35-15-17-2-3-20(27)10-22(17)24-11-23(26(28,29)30)25(33-32-24)31-21-8-18-13-34(14-19(18)9-21)12-16-4-6-36-7-5-16/h2-3,10-11,16,18-19,21H,4-9,12-15H2,1H3,(H,31,33)/i1D3,15D2. The number of methoxy groups -OCH3 is 1. The minimum Gasteiger partial charge on any atom is -0.381 e. The van der Waals surface area contributed by atoms with Crippen LogP contribution in [0.3, 0.4) is 0 Å². The second-order valence-electron chi connectivity index (χ2n) is 9.99. The van der Waals surface area contributed by atoms with Crippen LogP contribution < -0.4 is 5.32 Å². The molecular weight excluding hydrogens is 476 g/mol. The Kier molecular flexibility index (Phi) is 5.81. The summed E-state index contributed by atoms with van der Waals surface area (Å²) in [4.78, 5) is 2.46. The third kappa shape index (κ3) is 5.65. The van der Waals surface area contributed by atoms with Crippen LogP contribution in [0.25, 0.3) is 11.3 Å². The Hall–Kier alpha value is -2.30. The van der Waals surface area contributed by atoms with Crippen molar-refractivity contribution in [1.82, 2.24) is 15.1 Å². The number of rotatable bonds is 7. The molecule has 0 amide bonds. The zero-order valence-corrected chi connectivity index (χ0v) is 19.7. The van der Waals surface area contributed by atoms with Crippen molar-refractivity contribution in [2.45, 2.75) is 44.5 Å². The van der Waals surface area contributed by atoms with Crippen molar-refractivity contribution in [3.63, 3.8) is 0 Å². The maximum Gasteiger partial charge on any atom is 0.420 e. The first-order chi connectivity index (χ1) is 19.2. The number of fused-ring (bicyclic) bond motifs is 1. The molecule has 2 saturated heterocycles. The van der Waals surface area contributed by atoms with Gasteiger partial charge in [0.1, 0.15) is 11.4 Å². The summed E-state index contributed by atoms with van der Waals surface area (Å²) < 4.78 is 104. The molecule has 6 nitrogen and oxygen atoms in total. The normalized spacial score (nSPS) is 28.1. The van der Waals surface area contributed by atoms with Gasteiger partial charge >= 0.3 is 6.18 Å². The van der Waals surface area contributed by atoms with Crippen LogP contribution >= 0.6 is 0 Å². The monoisotopic (exact) mass is 513 g/mol. The number of alkyl halides is 3. The number of halogens is 4. The lowest BCUT2D eigenvalue weighted by Gasteiger charge is -2.28. The van der Waals surface area contributed by atoms with Crippen LogP contribution in [-0.2, 0) is 22.2 Å². The van der Waals surface area contributed by atoms with Gasteiger partial charge in [-0.1, -0.05) is 6.07 Å². The molecule has 196 valence electrons. The molecule has 5 rings (SSSR count). The van der Waals surface area contributed by atoms with E-state index in [4.69, 9.17) is 11.6 Å². The summed E-state index contributed by atoms with van der Waals surface area (Å²) in [5, 5.41) is 10.6. The first kappa shape index (κ1) is 19.8. The van der Waals surface area contributed by atoms with Gasteiger partial charge in [-0.15, -0.1) is 10.2 Å². The van der Waals surface area contributed by atoms with Crippen molar-refractivity contribution in [2.24, 2.45) is 17.8 Å². The Morgan fingerprint density at radius 3 is 2.61 bits per heavy atom. The predicted molar refractivity (Wildman–Crippen MR) is 127 cm³/mol. The number of hydrogen-bond donors (Lipinski definition) is 1. The van der Waals surface area contributed by atoms with Crippen molar-refractivity contribution in [2.75, 3.05) is 45.2 Å². The van der Waals surface area contributed by atoms with E-state index in [-0.39, 0.29) is 6.04 Å². The Balaban J connectivity index is 1.33. The van der Waals surface area contributed by atoms with Crippen molar-refractivity contribution in [3.8, 4) is 11.3 Å². The van der Waals surface area contributed by atoms with Crippen LogP contribution in [0.4, 0.5) is 23.4 Å². The number of nitrogens with one attached hydrogen (secondary N) is 1. The Morgan fingerprint density at radius 2 is 1.92 bits per heavy atom. The van der Waals surface area contributed by atoms with Gasteiger partial charge in [0.25, 0.3) is 0 Å². The maximum absolute atomic E-state index is 14.2. The second-order valence-corrected chi connectivity index (χ2v) is 9.99. The summed E-state index contributed by atoms with van der Waals surface area (Å²) in [7, 11) is -3.16. The van der Waals surface area contributed by atoms with Crippen LogP contribution in [-0.4, -0.2) is 61.0 Å². The smallest absolute Gasteiger partial charge is 0.381 e. The molecule has 3 aliphatic rings. The number of nitrogens with zero attached hydrogens (tertiary/aromatic N) is 3. The number of likely N-dealkylation sites (tertiary alicyclic amines) is 1. The van der Waals surface area contributed by atoms with Gasteiger partial charge in [-0.25, -0.2) is 4.39 Å². The topological polar surface area (TPSA) is 59.5 Å². The van der Waals surface area contributed by atoms with E-state index in [1.165, 1.54) is 0 Å². The molecule has 2 atom stereocenters. The molecular formula is C26H32F4N4O2. The van der Waals surface area contributed by atoms with E-state index in [0.717, 1.165) is 63.9 Å². The Bertz CT molecular complexity index is 1230. The summed E-state index contributed by atoms with van der Waals surface area (Å²) >= 11 is 0. The molecule has 1 N–H and O–H groups in total.